The highest BCUT2D eigenvalue weighted by Gasteiger charge is 2.53. The van der Waals surface area contributed by atoms with Gasteiger partial charge < -0.3 is 5.21 Å². The fraction of sp³-hybridized carbons (Fsp3) is 0.100. The fourth-order valence-electron chi connectivity index (χ4n) is 1.43. The van der Waals surface area contributed by atoms with E-state index in [1.54, 1.807) is 12.1 Å². The zero-order chi connectivity index (χ0) is 10.2. The number of quaternary nitrogens is 1. The minimum absolute atomic E-state index is 0.591. The molecule has 0 fully saturated rings. The van der Waals surface area contributed by atoms with Crippen LogP contribution in [0.4, 0.5) is 0 Å². The molecule has 2 N–H and O–H groups in total. The number of nitrogens with zero attached hydrogens (tertiary/aromatic N) is 1. The van der Waals surface area contributed by atoms with Crippen LogP contribution in [-0.4, -0.2) is 10.7 Å². The van der Waals surface area contributed by atoms with Crippen molar-refractivity contribution in [1.82, 2.24) is 0 Å². The lowest BCUT2D eigenvalue weighted by Gasteiger charge is -2.19. The Bertz CT molecular complexity index is 419. The number of hydroxylamine groups is 2. The van der Waals surface area contributed by atoms with Crippen LogP contribution in [0.3, 0.4) is 0 Å². The predicted octanol–water partition coefficient (Wildman–Crippen LogP) is 0.118. The first kappa shape index (κ1) is 8.91. The van der Waals surface area contributed by atoms with Crippen molar-refractivity contribution < 1.29 is 10.4 Å². The van der Waals surface area contributed by atoms with Crippen LogP contribution in [0.2, 0.25) is 0 Å². The van der Waals surface area contributed by atoms with Crippen LogP contribution >= 0.6 is 0 Å². The fourth-order valence-corrected chi connectivity index (χ4v) is 1.43. The van der Waals surface area contributed by atoms with Crippen molar-refractivity contribution in [1.29, 1.82) is 5.26 Å². The molecule has 0 saturated heterocycles. The lowest BCUT2D eigenvalue weighted by molar-refractivity contribution is -1.06. The van der Waals surface area contributed by atoms with Crippen molar-refractivity contribution >= 4 is 5.57 Å². The Kier molecular flexibility index (Phi) is 1.86. The summed E-state index contributed by atoms with van der Waals surface area (Å²) in [6, 6.07) is 10.9. The molecule has 0 radical (unpaired) electrons. The monoisotopic (exact) mass is 188 g/mol. The normalized spacial score (nSPS) is 26.2. The topological polar surface area (TPSA) is 71.5 Å². The average Bonchev–Trinajstić information content (AvgIpc) is 2.95. The zero-order valence-electron chi connectivity index (χ0n) is 7.27. The van der Waals surface area contributed by atoms with Gasteiger partial charge >= 0.3 is 0 Å². The van der Waals surface area contributed by atoms with Gasteiger partial charge in [-0.15, -0.1) is 0 Å². The van der Waals surface area contributed by atoms with Gasteiger partial charge in [-0.3, -0.25) is 0 Å². The van der Waals surface area contributed by atoms with Gasteiger partial charge in [0, 0.05) is 11.6 Å². The largest absolute Gasteiger partial charge is 0.598 e. The molecule has 0 amide bonds. The van der Waals surface area contributed by atoms with E-state index < -0.39 is 10.8 Å². The lowest BCUT2D eigenvalue weighted by Crippen LogP contribution is -3.11. The maximum atomic E-state index is 10.8. The summed E-state index contributed by atoms with van der Waals surface area (Å²) in [6.45, 7) is 0. The Morgan fingerprint density at radius 1 is 1.36 bits per heavy atom. The van der Waals surface area contributed by atoms with Gasteiger partial charge in [0.2, 0.25) is 0 Å². The van der Waals surface area contributed by atoms with Gasteiger partial charge in [0.15, 0.2) is 0 Å². The van der Waals surface area contributed by atoms with Crippen LogP contribution in [0.15, 0.2) is 36.4 Å². The summed E-state index contributed by atoms with van der Waals surface area (Å²) in [4.78, 5) is 0. The van der Waals surface area contributed by atoms with Crippen LogP contribution in [-0.2, 0) is 0 Å². The average molecular weight is 188 g/mol. The van der Waals surface area contributed by atoms with Crippen molar-refractivity contribution in [2.75, 3.05) is 0 Å². The Morgan fingerprint density at radius 2 is 2.00 bits per heavy atom. The van der Waals surface area contributed by atoms with Crippen LogP contribution in [0.25, 0.3) is 5.57 Å². The molecule has 1 aliphatic carbocycles. The first-order chi connectivity index (χ1) is 6.70. The third-order valence-corrected chi connectivity index (χ3v) is 2.30. The quantitative estimate of drug-likeness (QED) is 0.647. The third-order valence-electron chi connectivity index (χ3n) is 2.30. The number of rotatable bonds is 2. The van der Waals surface area contributed by atoms with E-state index in [1.807, 2.05) is 24.3 Å². The molecule has 0 heterocycles. The second-order valence-electron chi connectivity index (χ2n) is 3.15. The van der Waals surface area contributed by atoms with E-state index in [0.717, 1.165) is 5.56 Å². The maximum Gasteiger partial charge on any atom is 0.259 e. The Morgan fingerprint density at radius 3 is 2.43 bits per heavy atom. The molecule has 0 saturated carbocycles. The molecular weight excluding hydrogens is 180 g/mol. The Labute approximate surface area is 80.8 Å². The van der Waals surface area contributed by atoms with E-state index >= 15 is 0 Å². The molecule has 0 spiro atoms. The second kappa shape index (κ2) is 2.93. The molecule has 1 aromatic carbocycles. The number of hydrogen-bond donors (Lipinski definition) is 2. The number of nitriles is 1. The first-order valence-corrected chi connectivity index (χ1v) is 4.14. The molecule has 4 heteroatoms. The summed E-state index contributed by atoms with van der Waals surface area (Å²) < 4.78 is 0. The number of hydrogen-bond acceptors (Lipinski definition) is 3. The van der Waals surface area contributed by atoms with Crippen LogP contribution in [0.5, 0.6) is 0 Å². The molecule has 0 aromatic heterocycles. The third kappa shape index (κ3) is 1.12. The van der Waals surface area contributed by atoms with Crippen LogP contribution in [0, 0.1) is 16.5 Å². The number of benzene rings is 1. The highest BCUT2D eigenvalue weighted by Crippen LogP contribution is 2.39. The van der Waals surface area contributed by atoms with E-state index in [-0.39, 0.29) is 0 Å². The van der Waals surface area contributed by atoms with Gasteiger partial charge in [-0.2, -0.15) is 5.26 Å². The lowest BCUT2D eigenvalue weighted by atomic mass is 10.1. The minimum Gasteiger partial charge on any atom is -0.598 e. The van der Waals surface area contributed by atoms with Crippen LogP contribution in [0.1, 0.15) is 5.56 Å². The van der Waals surface area contributed by atoms with E-state index in [2.05, 4.69) is 0 Å². The molecule has 4 nitrogen and oxygen atoms in total. The van der Waals surface area contributed by atoms with E-state index in [0.29, 0.717) is 5.57 Å². The summed E-state index contributed by atoms with van der Waals surface area (Å²) >= 11 is 0. The standard InChI is InChI=1S/C10H8N2O2/c11-7-10(12(13)14)6-9(10)8-4-2-1-3-5-8/h1-6,12-13H. The molecule has 1 aromatic rings. The molecule has 14 heavy (non-hydrogen) atoms. The molecule has 2 unspecified atom stereocenters. The van der Waals surface area contributed by atoms with Gasteiger partial charge in [0.25, 0.3) is 5.54 Å². The maximum absolute atomic E-state index is 10.8. The molecular formula is C10H8N2O2. The summed E-state index contributed by atoms with van der Waals surface area (Å²) in [5.74, 6) is 0. The summed E-state index contributed by atoms with van der Waals surface area (Å²) in [6.07, 6.45) is 1.48. The van der Waals surface area contributed by atoms with Crippen molar-refractivity contribution in [3.8, 4) is 6.07 Å². The molecule has 0 bridgehead atoms. The smallest absolute Gasteiger partial charge is 0.259 e. The predicted molar refractivity (Wildman–Crippen MR) is 48.9 cm³/mol. The van der Waals surface area contributed by atoms with Gasteiger partial charge in [-0.25, -0.2) is 10.4 Å². The van der Waals surface area contributed by atoms with Crippen molar-refractivity contribution in [3.63, 3.8) is 0 Å². The Hall–Kier alpha value is -1.67. The van der Waals surface area contributed by atoms with Crippen LogP contribution < -0.4 is 5.23 Å². The first-order valence-electron chi connectivity index (χ1n) is 4.14. The molecule has 2 atom stereocenters. The van der Waals surface area contributed by atoms with Crippen molar-refractivity contribution in [3.05, 3.63) is 47.2 Å². The van der Waals surface area contributed by atoms with Gasteiger partial charge in [-0.1, -0.05) is 30.3 Å². The van der Waals surface area contributed by atoms with Crippen molar-refractivity contribution in [2.45, 2.75) is 5.54 Å². The highest BCUT2D eigenvalue weighted by molar-refractivity contribution is 5.90. The van der Waals surface area contributed by atoms with E-state index in [4.69, 9.17) is 10.5 Å². The van der Waals surface area contributed by atoms with Crippen molar-refractivity contribution in [2.24, 2.45) is 0 Å². The molecule has 2 rings (SSSR count). The summed E-state index contributed by atoms with van der Waals surface area (Å²) in [5.41, 5.74) is 0.0194. The van der Waals surface area contributed by atoms with Gasteiger partial charge in [0.1, 0.15) is 6.07 Å². The summed E-state index contributed by atoms with van der Waals surface area (Å²) in [5, 5.41) is 27.4. The zero-order valence-corrected chi connectivity index (χ0v) is 7.27. The molecule has 0 aliphatic heterocycles. The van der Waals surface area contributed by atoms with E-state index in [9.17, 15) is 5.21 Å². The van der Waals surface area contributed by atoms with Gasteiger partial charge in [-0.05, 0) is 5.56 Å². The number of nitrogens with one attached hydrogen (secondary N) is 1. The SMILES string of the molecule is N#CC1([NH+]([O-])O)C=C1c1ccccc1. The highest BCUT2D eigenvalue weighted by atomic mass is 16.8. The Balaban J connectivity index is 2.28. The molecule has 1 aliphatic rings. The second-order valence-corrected chi connectivity index (χ2v) is 3.15. The minimum atomic E-state index is -1.37. The van der Waals surface area contributed by atoms with Gasteiger partial charge in [0.05, 0.1) is 0 Å². The summed E-state index contributed by atoms with van der Waals surface area (Å²) in [7, 11) is 0. The molecule has 70 valence electrons. The van der Waals surface area contributed by atoms with E-state index in [1.165, 1.54) is 6.08 Å².